The van der Waals surface area contributed by atoms with Crippen molar-refractivity contribution in [3.05, 3.63) is 33.8 Å². The van der Waals surface area contributed by atoms with Gasteiger partial charge in [-0.15, -0.1) is 0 Å². The van der Waals surface area contributed by atoms with E-state index in [4.69, 9.17) is 23.2 Å². The summed E-state index contributed by atoms with van der Waals surface area (Å²) in [4.78, 5) is 0. The van der Waals surface area contributed by atoms with Gasteiger partial charge in [-0.05, 0) is 67.7 Å². The molecule has 2 fully saturated rings. The molecule has 1 aromatic rings. The van der Waals surface area contributed by atoms with Crippen molar-refractivity contribution >= 4 is 23.2 Å². The minimum Gasteiger partial charge on any atom is -0.310 e. The molecule has 1 nitrogen and oxygen atoms in total. The fraction of sp³-hybridized carbons (Fsp3) is 0.647. The van der Waals surface area contributed by atoms with Gasteiger partial charge in [-0.3, -0.25) is 0 Å². The van der Waals surface area contributed by atoms with E-state index < -0.39 is 0 Å². The Morgan fingerprint density at radius 1 is 1.20 bits per heavy atom. The molecule has 0 aliphatic heterocycles. The highest BCUT2D eigenvalue weighted by Crippen LogP contribution is 2.52. The SMILES string of the molecule is CCCNC(c1ccc(Cl)c(Cl)c1)C1CC2CCC1C2. The second kappa shape index (κ2) is 6.25. The molecule has 20 heavy (non-hydrogen) atoms. The van der Waals surface area contributed by atoms with Crippen molar-refractivity contribution in [1.82, 2.24) is 5.32 Å². The molecule has 110 valence electrons. The summed E-state index contributed by atoms with van der Waals surface area (Å²) in [5.41, 5.74) is 1.31. The second-order valence-electron chi connectivity index (χ2n) is 6.44. The van der Waals surface area contributed by atoms with Gasteiger partial charge in [-0.25, -0.2) is 0 Å². The Bertz CT molecular complexity index is 474. The van der Waals surface area contributed by atoms with E-state index in [-0.39, 0.29) is 0 Å². The minimum absolute atomic E-state index is 0.444. The first kappa shape index (κ1) is 14.7. The van der Waals surface area contributed by atoms with E-state index in [1.165, 1.54) is 37.7 Å². The van der Waals surface area contributed by atoms with E-state index in [9.17, 15) is 0 Å². The van der Waals surface area contributed by atoms with Crippen LogP contribution in [0.5, 0.6) is 0 Å². The molecular weight excluding hydrogens is 289 g/mol. The summed E-state index contributed by atoms with van der Waals surface area (Å²) in [6.07, 6.45) is 6.85. The lowest BCUT2D eigenvalue weighted by atomic mass is 9.80. The van der Waals surface area contributed by atoms with Crippen molar-refractivity contribution in [3.63, 3.8) is 0 Å². The maximum atomic E-state index is 6.22. The molecule has 2 bridgehead atoms. The van der Waals surface area contributed by atoms with Gasteiger partial charge in [-0.2, -0.15) is 0 Å². The standard InChI is InChI=1S/C17H23Cl2N/c1-2-7-20-17(13-5-6-15(18)16(19)10-13)14-9-11-3-4-12(14)8-11/h5-6,10-12,14,17,20H,2-4,7-9H2,1H3. The van der Waals surface area contributed by atoms with Gasteiger partial charge in [0.1, 0.15) is 0 Å². The van der Waals surface area contributed by atoms with E-state index in [0.717, 1.165) is 24.3 Å². The van der Waals surface area contributed by atoms with E-state index >= 15 is 0 Å². The van der Waals surface area contributed by atoms with Crippen LogP contribution in [0, 0.1) is 17.8 Å². The van der Waals surface area contributed by atoms with Crippen LogP contribution >= 0.6 is 23.2 Å². The topological polar surface area (TPSA) is 12.0 Å². The van der Waals surface area contributed by atoms with E-state index in [1.807, 2.05) is 6.07 Å². The number of hydrogen-bond acceptors (Lipinski definition) is 1. The lowest BCUT2D eigenvalue weighted by Gasteiger charge is -2.32. The lowest BCUT2D eigenvalue weighted by molar-refractivity contribution is 0.251. The fourth-order valence-corrected chi connectivity index (χ4v) is 4.53. The molecular formula is C17H23Cl2N. The second-order valence-corrected chi connectivity index (χ2v) is 7.26. The Labute approximate surface area is 132 Å². The quantitative estimate of drug-likeness (QED) is 0.760. The van der Waals surface area contributed by atoms with Crippen LogP contribution in [-0.4, -0.2) is 6.54 Å². The maximum Gasteiger partial charge on any atom is 0.0595 e. The number of hydrogen-bond donors (Lipinski definition) is 1. The molecule has 1 aromatic carbocycles. The van der Waals surface area contributed by atoms with Crippen LogP contribution in [0.1, 0.15) is 50.6 Å². The van der Waals surface area contributed by atoms with Crippen molar-refractivity contribution < 1.29 is 0 Å². The van der Waals surface area contributed by atoms with Gasteiger partial charge in [0.2, 0.25) is 0 Å². The highest BCUT2D eigenvalue weighted by Gasteiger charge is 2.43. The maximum absolute atomic E-state index is 6.22. The predicted octanol–water partition coefficient (Wildman–Crippen LogP) is 5.47. The zero-order chi connectivity index (χ0) is 14.1. The van der Waals surface area contributed by atoms with Gasteiger partial charge in [-0.1, -0.05) is 42.6 Å². The predicted molar refractivity (Wildman–Crippen MR) is 86.4 cm³/mol. The molecule has 2 aliphatic carbocycles. The van der Waals surface area contributed by atoms with Gasteiger partial charge < -0.3 is 5.32 Å². The Kier molecular flexibility index (Phi) is 4.59. The molecule has 2 aliphatic rings. The lowest BCUT2D eigenvalue weighted by Crippen LogP contribution is -2.32. The summed E-state index contributed by atoms with van der Waals surface area (Å²) in [5, 5.41) is 5.08. The molecule has 4 unspecified atom stereocenters. The molecule has 4 atom stereocenters. The van der Waals surface area contributed by atoms with Gasteiger partial charge in [0, 0.05) is 6.04 Å². The van der Waals surface area contributed by atoms with Crippen molar-refractivity contribution in [2.24, 2.45) is 17.8 Å². The normalized spacial score (nSPS) is 29.9. The van der Waals surface area contributed by atoms with Crippen LogP contribution < -0.4 is 5.32 Å². The van der Waals surface area contributed by atoms with Crippen LogP contribution in [0.2, 0.25) is 10.0 Å². The van der Waals surface area contributed by atoms with Crippen molar-refractivity contribution in [1.29, 1.82) is 0 Å². The van der Waals surface area contributed by atoms with Crippen LogP contribution in [0.3, 0.4) is 0 Å². The third-order valence-corrected chi connectivity index (χ3v) is 5.88. The Hall–Kier alpha value is -0.240. The first-order chi connectivity index (χ1) is 9.69. The molecule has 2 saturated carbocycles. The molecule has 0 heterocycles. The monoisotopic (exact) mass is 311 g/mol. The number of benzene rings is 1. The molecule has 0 aromatic heterocycles. The van der Waals surface area contributed by atoms with Crippen LogP contribution in [-0.2, 0) is 0 Å². The number of rotatable bonds is 5. The minimum atomic E-state index is 0.444. The number of nitrogens with one attached hydrogen (secondary N) is 1. The van der Waals surface area contributed by atoms with Gasteiger partial charge in [0.05, 0.1) is 10.0 Å². The number of fused-ring (bicyclic) bond motifs is 2. The first-order valence-corrected chi connectivity index (χ1v) is 8.63. The van der Waals surface area contributed by atoms with Crippen molar-refractivity contribution in [2.75, 3.05) is 6.54 Å². The Morgan fingerprint density at radius 2 is 2.05 bits per heavy atom. The molecule has 1 N–H and O–H groups in total. The molecule has 3 heteroatoms. The molecule has 3 rings (SSSR count). The van der Waals surface area contributed by atoms with Gasteiger partial charge >= 0.3 is 0 Å². The number of halogens is 2. The zero-order valence-corrected chi connectivity index (χ0v) is 13.6. The van der Waals surface area contributed by atoms with Crippen molar-refractivity contribution in [2.45, 2.75) is 45.1 Å². The third kappa shape index (κ3) is 2.86. The van der Waals surface area contributed by atoms with Crippen LogP contribution in [0.4, 0.5) is 0 Å². The highest BCUT2D eigenvalue weighted by atomic mass is 35.5. The zero-order valence-electron chi connectivity index (χ0n) is 12.0. The third-order valence-electron chi connectivity index (χ3n) is 5.14. The highest BCUT2D eigenvalue weighted by molar-refractivity contribution is 6.42. The average molecular weight is 312 g/mol. The average Bonchev–Trinajstić information content (AvgIpc) is 3.06. The summed E-state index contributed by atoms with van der Waals surface area (Å²) < 4.78 is 0. The Morgan fingerprint density at radius 3 is 2.65 bits per heavy atom. The first-order valence-electron chi connectivity index (χ1n) is 7.87. The summed E-state index contributed by atoms with van der Waals surface area (Å²) in [6, 6.07) is 6.59. The van der Waals surface area contributed by atoms with Gasteiger partial charge in [0.25, 0.3) is 0 Å². The van der Waals surface area contributed by atoms with Crippen LogP contribution in [0.15, 0.2) is 18.2 Å². The van der Waals surface area contributed by atoms with Crippen LogP contribution in [0.25, 0.3) is 0 Å². The Balaban J connectivity index is 1.83. The largest absolute Gasteiger partial charge is 0.310 e. The van der Waals surface area contributed by atoms with E-state index in [0.29, 0.717) is 16.1 Å². The molecule has 0 amide bonds. The summed E-state index contributed by atoms with van der Waals surface area (Å²) >= 11 is 12.3. The van der Waals surface area contributed by atoms with Crippen molar-refractivity contribution in [3.8, 4) is 0 Å². The molecule has 0 saturated heterocycles. The summed E-state index contributed by atoms with van der Waals surface area (Å²) in [7, 11) is 0. The summed E-state index contributed by atoms with van der Waals surface area (Å²) in [5.74, 6) is 2.65. The van der Waals surface area contributed by atoms with Gasteiger partial charge in [0.15, 0.2) is 0 Å². The smallest absolute Gasteiger partial charge is 0.0595 e. The fourth-order valence-electron chi connectivity index (χ4n) is 4.22. The molecule has 0 radical (unpaired) electrons. The molecule has 0 spiro atoms. The van der Waals surface area contributed by atoms with E-state index in [2.05, 4.69) is 24.4 Å². The van der Waals surface area contributed by atoms with E-state index in [1.54, 1.807) is 0 Å². The summed E-state index contributed by atoms with van der Waals surface area (Å²) in [6.45, 7) is 3.29.